The largest absolute Gasteiger partial charge is 0.478 e. The average Bonchev–Trinajstić information content (AvgIpc) is 2.40. The second kappa shape index (κ2) is 7.67. The van der Waals surface area contributed by atoms with E-state index in [1.54, 1.807) is 18.2 Å². The van der Waals surface area contributed by atoms with Crippen LogP contribution in [0.4, 0.5) is 10.5 Å². The third-order valence-corrected chi connectivity index (χ3v) is 3.48. The summed E-state index contributed by atoms with van der Waals surface area (Å²) in [7, 11) is 0. The first kappa shape index (κ1) is 17.0. The minimum absolute atomic E-state index is 0.0404. The van der Waals surface area contributed by atoms with Crippen LogP contribution in [0.1, 0.15) is 49.5 Å². The summed E-state index contributed by atoms with van der Waals surface area (Å²) in [5.74, 6) is -0.518. The van der Waals surface area contributed by atoms with Crippen LogP contribution in [0, 0.1) is 12.8 Å². The Bertz CT molecular complexity index is 514. The quantitative estimate of drug-likeness (QED) is 0.749. The number of amides is 2. The van der Waals surface area contributed by atoms with Gasteiger partial charge in [-0.05, 0) is 38.3 Å². The van der Waals surface area contributed by atoms with Crippen molar-refractivity contribution in [1.29, 1.82) is 0 Å². The molecule has 0 bridgehead atoms. The maximum absolute atomic E-state index is 11.9. The number of nitrogens with one attached hydrogen (secondary N) is 2. The Kier molecular flexibility index (Phi) is 6.21. The minimum Gasteiger partial charge on any atom is -0.478 e. The van der Waals surface area contributed by atoms with Crippen molar-refractivity contribution in [2.75, 3.05) is 5.32 Å². The summed E-state index contributed by atoms with van der Waals surface area (Å²) >= 11 is 0. The number of hydrogen-bond acceptors (Lipinski definition) is 2. The molecule has 0 radical (unpaired) electrons. The summed E-state index contributed by atoms with van der Waals surface area (Å²) < 4.78 is 0. The van der Waals surface area contributed by atoms with E-state index in [0.717, 1.165) is 18.4 Å². The minimum atomic E-state index is -1.05. The van der Waals surface area contributed by atoms with E-state index in [0.29, 0.717) is 11.6 Å². The van der Waals surface area contributed by atoms with Crippen molar-refractivity contribution in [3.8, 4) is 0 Å². The number of aromatic carboxylic acids is 1. The molecule has 3 N–H and O–H groups in total. The van der Waals surface area contributed by atoms with Gasteiger partial charge in [0.15, 0.2) is 0 Å². The van der Waals surface area contributed by atoms with Gasteiger partial charge in [0.25, 0.3) is 0 Å². The second-order valence-corrected chi connectivity index (χ2v) is 5.60. The molecule has 2 amide bonds. The van der Waals surface area contributed by atoms with Gasteiger partial charge >= 0.3 is 12.0 Å². The molecule has 5 heteroatoms. The van der Waals surface area contributed by atoms with E-state index < -0.39 is 5.97 Å². The van der Waals surface area contributed by atoms with Crippen molar-refractivity contribution < 1.29 is 14.7 Å². The van der Waals surface area contributed by atoms with E-state index in [4.69, 9.17) is 5.11 Å². The molecule has 116 valence electrons. The van der Waals surface area contributed by atoms with Crippen molar-refractivity contribution in [3.63, 3.8) is 0 Å². The van der Waals surface area contributed by atoms with Crippen molar-refractivity contribution >= 4 is 17.7 Å². The van der Waals surface area contributed by atoms with Gasteiger partial charge in [-0.2, -0.15) is 0 Å². The summed E-state index contributed by atoms with van der Waals surface area (Å²) in [4.78, 5) is 23.1. The molecule has 0 spiro atoms. The normalized spacial score (nSPS) is 13.3. The molecule has 0 fully saturated rings. The van der Waals surface area contributed by atoms with Crippen LogP contribution in [-0.4, -0.2) is 23.1 Å². The Balaban J connectivity index is 2.69. The number of anilines is 1. The van der Waals surface area contributed by atoms with Gasteiger partial charge in [0.1, 0.15) is 0 Å². The fraction of sp³-hybridized carbons (Fsp3) is 0.500. The summed E-state index contributed by atoms with van der Waals surface area (Å²) in [6.45, 7) is 8.00. The first-order chi connectivity index (χ1) is 9.83. The fourth-order valence-electron chi connectivity index (χ4n) is 2.16. The van der Waals surface area contributed by atoms with Crippen LogP contribution in [0.2, 0.25) is 0 Å². The van der Waals surface area contributed by atoms with Crippen LogP contribution < -0.4 is 10.6 Å². The lowest BCUT2D eigenvalue weighted by Gasteiger charge is -2.18. The van der Waals surface area contributed by atoms with Gasteiger partial charge in [-0.1, -0.05) is 31.9 Å². The molecule has 0 aliphatic rings. The maximum atomic E-state index is 11.9. The number of hydrogen-bond donors (Lipinski definition) is 3. The molecule has 5 nitrogen and oxygen atoms in total. The van der Waals surface area contributed by atoms with Crippen LogP contribution in [0.15, 0.2) is 18.2 Å². The number of carboxylic acids is 1. The average molecular weight is 292 g/mol. The van der Waals surface area contributed by atoms with Gasteiger partial charge in [0, 0.05) is 6.04 Å². The van der Waals surface area contributed by atoms with Crippen LogP contribution in [0.25, 0.3) is 0 Å². The molecule has 0 heterocycles. The van der Waals surface area contributed by atoms with Crippen molar-refractivity contribution in [2.45, 2.75) is 46.6 Å². The topological polar surface area (TPSA) is 78.4 Å². The molecular weight excluding hydrogens is 268 g/mol. The first-order valence-corrected chi connectivity index (χ1v) is 7.25. The molecule has 21 heavy (non-hydrogen) atoms. The zero-order chi connectivity index (χ0) is 16.0. The molecule has 1 aromatic carbocycles. The molecule has 0 aliphatic heterocycles. The van der Waals surface area contributed by atoms with E-state index in [9.17, 15) is 9.59 Å². The zero-order valence-corrected chi connectivity index (χ0v) is 13.1. The summed E-state index contributed by atoms with van der Waals surface area (Å²) in [5, 5.41) is 14.6. The number of urea groups is 1. The first-order valence-electron chi connectivity index (χ1n) is 7.25. The molecule has 1 aromatic rings. The van der Waals surface area contributed by atoms with Crippen molar-refractivity contribution in [2.24, 2.45) is 5.92 Å². The summed E-state index contributed by atoms with van der Waals surface area (Å²) in [6.07, 6.45) is 1.96. The Morgan fingerprint density at radius 1 is 1.29 bits per heavy atom. The molecule has 1 rings (SSSR count). The van der Waals surface area contributed by atoms with E-state index in [2.05, 4.69) is 24.5 Å². The zero-order valence-electron chi connectivity index (χ0n) is 13.1. The van der Waals surface area contributed by atoms with Crippen LogP contribution in [0.3, 0.4) is 0 Å². The predicted octanol–water partition coefficient (Wildman–Crippen LogP) is 3.64. The standard InChI is InChI=1S/C16H24N2O3/c1-5-10(2)8-12(4)17-16(21)18-14-7-6-11(3)9-13(14)15(19)20/h6-7,9-10,12H,5,8H2,1-4H3,(H,19,20)(H2,17,18,21). The van der Waals surface area contributed by atoms with Gasteiger partial charge in [-0.25, -0.2) is 9.59 Å². The van der Waals surface area contributed by atoms with Gasteiger partial charge in [-0.3, -0.25) is 0 Å². The maximum Gasteiger partial charge on any atom is 0.337 e. The van der Waals surface area contributed by atoms with Crippen molar-refractivity contribution in [1.82, 2.24) is 5.32 Å². The smallest absolute Gasteiger partial charge is 0.337 e. The molecule has 2 unspecified atom stereocenters. The van der Waals surface area contributed by atoms with Gasteiger partial charge in [0.05, 0.1) is 11.3 Å². The number of carboxylic acid groups (broad SMARTS) is 1. The van der Waals surface area contributed by atoms with E-state index in [1.807, 2.05) is 13.8 Å². The monoisotopic (exact) mass is 292 g/mol. The lowest BCUT2D eigenvalue weighted by molar-refractivity contribution is 0.0698. The van der Waals surface area contributed by atoms with Gasteiger partial charge in [0.2, 0.25) is 0 Å². The lowest BCUT2D eigenvalue weighted by Crippen LogP contribution is -2.37. The predicted molar refractivity (Wildman–Crippen MR) is 83.8 cm³/mol. The highest BCUT2D eigenvalue weighted by atomic mass is 16.4. The molecular formula is C16H24N2O3. The van der Waals surface area contributed by atoms with E-state index >= 15 is 0 Å². The summed E-state index contributed by atoms with van der Waals surface area (Å²) in [6, 6.07) is 4.58. The van der Waals surface area contributed by atoms with Crippen LogP contribution in [0.5, 0.6) is 0 Å². The highest BCUT2D eigenvalue weighted by Crippen LogP contribution is 2.17. The molecule has 0 aromatic heterocycles. The van der Waals surface area contributed by atoms with Gasteiger partial charge < -0.3 is 15.7 Å². The van der Waals surface area contributed by atoms with Crippen molar-refractivity contribution in [3.05, 3.63) is 29.3 Å². The number of aryl methyl sites for hydroxylation is 1. The molecule has 0 aliphatic carbocycles. The lowest BCUT2D eigenvalue weighted by atomic mass is 10.0. The third kappa shape index (κ3) is 5.45. The van der Waals surface area contributed by atoms with Crippen LogP contribution in [-0.2, 0) is 0 Å². The molecule has 0 saturated carbocycles. The highest BCUT2D eigenvalue weighted by Gasteiger charge is 2.14. The number of carbonyl (C=O) groups excluding carboxylic acids is 1. The highest BCUT2D eigenvalue weighted by molar-refractivity contribution is 6.00. The Morgan fingerprint density at radius 2 is 1.95 bits per heavy atom. The Labute approximate surface area is 125 Å². The Morgan fingerprint density at radius 3 is 2.52 bits per heavy atom. The van der Waals surface area contributed by atoms with E-state index in [-0.39, 0.29) is 17.6 Å². The fourth-order valence-corrected chi connectivity index (χ4v) is 2.16. The van der Waals surface area contributed by atoms with Crippen LogP contribution >= 0.6 is 0 Å². The second-order valence-electron chi connectivity index (χ2n) is 5.60. The van der Waals surface area contributed by atoms with Gasteiger partial charge in [-0.15, -0.1) is 0 Å². The number of carbonyl (C=O) groups is 2. The van der Waals surface area contributed by atoms with E-state index in [1.165, 1.54) is 0 Å². The number of benzene rings is 1. The number of rotatable bonds is 6. The third-order valence-electron chi connectivity index (χ3n) is 3.48. The molecule has 0 saturated heterocycles. The Hall–Kier alpha value is -2.04. The summed E-state index contributed by atoms with van der Waals surface area (Å²) in [5.41, 5.74) is 1.24. The SMILES string of the molecule is CCC(C)CC(C)NC(=O)Nc1ccc(C)cc1C(=O)O. The molecule has 2 atom stereocenters.